The smallest absolute Gasteiger partial charge is 0.328 e. The fraction of sp³-hybridized carbons (Fsp3) is 0.182. The van der Waals surface area contributed by atoms with Gasteiger partial charge in [-0.2, -0.15) is 0 Å². The summed E-state index contributed by atoms with van der Waals surface area (Å²) in [4.78, 5) is 28.9. The van der Waals surface area contributed by atoms with Gasteiger partial charge in [-0.1, -0.05) is 11.6 Å². The summed E-state index contributed by atoms with van der Waals surface area (Å²) in [6.45, 7) is 0.198. The van der Waals surface area contributed by atoms with E-state index in [0.717, 1.165) is 0 Å². The van der Waals surface area contributed by atoms with Crippen LogP contribution >= 0.6 is 11.6 Å². The summed E-state index contributed by atoms with van der Waals surface area (Å²) < 4.78 is 1.33. The normalized spacial score (nSPS) is 10.3. The lowest BCUT2D eigenvalue weighted by atomic mass is 10.3. The van der Waals surface area contributed by atoms with Crippen molar-refractivity contribution >= 4 is 17.4 Å². The van der Waals surface area contributed by atoms with Crippen LogP contribution in [0.25, 0.3) is 0 Å². The van der Waals surface area contributed by atoms with Crippen LogP contribution in [0.15, 0.2) is 34.0 Å². The number of nitrogens with one attached hydrogen (secondary N) is 2. The van der Waals surface area contributed by atoms with Crippen LogP contribution in [0, 0.1) is 0 Å². The van der Waals surface area contributed by atoms with Gasteiger partial charge in [0.25, 0.3) is 5.56 Å². The van der Waals surface area contributed by atoms with Gasteiger partial charge in [0, 0.05) is 19.3 Å². The molecule has 0 aromatic carbocycles. The molecule has 0 aliphatic rings. The molecule has 0 spiro atoms. The molecule has 6 nitrogen and oxygen atoms in total. The standard InChI is InChI=1S/C11H11ClN4O2/c1-13-9-3-2-7(12)8(14-9)6-16-5-4-10(17)15-11(16)18/h2-5H,6H2,1H3,(H,13,14)(H,15,17,18). The van der Waals surface area contributed by atoms with Crippen molar-refractivity contribution in [3.63, 3.8) is 0 Å². The van der Waals surface area contributed by atoms with Gasteiger partial charge in [-0.25, -0.2) is 9.78 Å². The molecule has 0 bridgehead atoms. The molecular weight excluding hydrogens is 256 g/mol. The largest absolute Gasteiger partial charge is 0.373 e. The maximum absolute atomic E-state index is 11.5. The van der Waals surface area contributed by atoms with Crippen molar-refractivity contribution in [1.29, 1.82) is 0 Å². The first-order chi connectivity index (χ1) is 8.60. The third-order valence-electron chi connectivity index (χ3n) is 2.39. The quantitative estimate of drug-likeness (QED) is 0.856. The van der Waals surface area contributed by atoms with E-state index in [4.69, 9.17) is 11.6 Å². The molecule has 7 heteroatoms. The maximum atomic E-state index is 11.5. The first kappa shape index (κ1) is 12.4. The molecule has 0 atom stereocenters. The summed E-state index contributed by atoms with van der Waals surface area (Å²) in [5.74, 6) is 0.659. The second-order valence-corrected chi connectivity index (χ2v) is 4.02. The van der Waals surface area contributed by atoms with Gasteiger partial charge in [0.1, 0.15) is 5.82 Å². The number of hydrogen-bond acceptors (Lipinski definition) is 4. The zero-order valence-electron chi connectivity index (χ0n) is 9.61. The second kappa shape index (κ2) is 5.05. The fourth-order valence-corrected chi connectivity index (χ4v) is 1.63. The Morgan fingerprint density at radius 2 is 2.17 bits per heavy atom. The highest BCUT2D eigenvalue weighted by atomic mass is 35.5. The summed E-state index contributed by atoms with van der Waals surface area (Å²) in [7, 11) is 1.74. The van der Waals surface area contributed by atoms with Crippen LogP contribution in [0.3, 0.4) is 0 Å². The van der Waals surface area contributed by atoms with E-state index in [-0.39, 0.29) is 6.54 Å². The minimum absolute atomic E-state index is 0.198. The number of H-pyrrole nitrogens is 1. The summed E-state index contributed by atoms with van der Waals surface area (Å²) in [5.41, 5.74) is -0.368. The predicted molar refractivity (Wildman–Crippen MR) is 69.2 cm³/mol. The molecule has 18 heavy (non-hydrogen) atoms. The molecule has 0 aliphatic carbocycles. The van der Waals surface area contributed by atoms with E-state index >= 15 is 0 Å². The van der Waals surface area contributed by atoms with Crippen molar-refractivity contribution in [2.24, 2.45) is 0 Å². The van der Waals surface area contributed by atoms with Crippen molar-refractivity contribution in [2.45, 2.75) is 6.54 Å². The van der Waals surface area contributed by atoms with Gasteiger partial charge in [-0.3, -0.25) is 14.3 Å². The number of hydrogen-bond donors (Lipinski definition) is 2. The number of aromatic nitrogens is 3. The molecule has 0 amide bonds. The Balaban J connectivity index is 2.39. The Morgan fingerprint density at radius 3 is 2.83 bits per heavy atom. The van der Waals surface area contributed by atoms with Crippen LogP contribution in [0.4, 0.5) is 5.82 Å². The fourth-order valence-electron chi connectivity index (χ4n) is 1.46. The van der Waals surface area contributed by atoms with E-state index in [2.05, 4.69) is 15.3 Å². The van der Waals surface area contributed by atoms with E-state index < -0.39 is 11.2 Å². The molecule has 2 aromatic rings. The van der Waals surface area contributed by atoms with Gasteiger partial charge < -0.3 is 5.32 Å². The van der Waals surface area contributed by atoms with Crippen molar-refractivity contribution in [2.75, 3.05) is 12.4 Å². The van der Waals surface area contributed by atoms with Crippen LogP contribution in [0.2, 0.25) is 5.02 Å². The van der Waals surface area contributed by atoms with E-state index in [1.165, 1.54) is 16.8 Å². The molecule has 0 aliphatic heterocycles. The highest BCUT2D eigenvalue weighted by molar-refractivity contribution is 6.31. The lowest BCUT2D eigenvalue weighted by Crippen LogP contribution is -2.29. The number of anilines is 1. The Labute approximate surface area is 107 Å². The van der Waals surface area contributed by atoms with E-state index in [1.807, 2.05) is 0 Å². The highest BCUT2D eigenvalue weighted by Crippen LogP contribution is 2.16. The Morgan fingerprint density at radius 1 is 1.39 bits per heavy atom. The SMILES string of the molecule is CNc1ccc(Cl)c(Cn2ccc(=O)[nH]c2=O)n1. The molecule has 2 rings (SSSR count). The minimum Gasteiger partial charge on any atom is -0.373 e. The third kappa shape index (κ3) is 2.60. The predicted octanol–water partition coefficient (Wildman–Crippen LogP) is 0.675. The zero-order valence-corrected chi connectivity index (χ0v) is 10.4. The number of aromatic amines is 1. The lowest BCUT2D eigenvalue weighted by molar-refractivity contribution is 0.706. The number of rotatable bonds is 3. The van der Waals surface area contributed by atoms with E-state index in [9.17, 15) is 9.59 Å². The zero-order chi connectivity index (χ0) is 13.1. The van der Waals surface area contributed by atoms with Crippen LogP contribution in [-0.2, 0) is 6.54 Å². The first-order valence-corrected chi connectivity index (χ1v) is 5.61. The summed E-state index contributed by atoms with van der Waals surface area (Å²) >= 11 is 6.01. The van der Waals surface area contributed by atoms with Gasteiger partial charge in [0.05, 0.1) is 17.3 Å². The average Bonchev–Trinajstić information content (AvgIpc) is 2.35. The Hall–Kier alpha value is -2.08. The Bertz CT molecular complexity index is 677. The minimum atomic E-state index is -0.491. The monoisotopic (exact) mass is 266 g/mol. The third-order valence-corrected chi connectivity index (χ3v) is 2.74. The first-order valence-electron chi connectivity index (χ1n) is 5.23. The molecule has 0 saturated carbocycles. The molecule has 0 fully saturated rings. The Kier molecular flexibility index (Phi) is 3.47. The van der Waals surface area contributed by atoms with Crippen molar-refractivity contribution in [3.8, 4) is 0 Å². The lowest BCUT2D eigenvalue weighted by Gasteiger charge is -2.08. The van der Waals surface area contributed by atoms with Crippen LogP contribution in [0.1, 0.15) is 5.69 Å². The number of pyridine rings is 1. The number of halogens is 1. The van der Waals surface area contributed by atoms with Crippen molar-refractivity contribution in [1.82, 2.24) is 14.5 Å². The molecule has 2 aromatic heterocycles. The van der Waals surface area contributed by atoms with Crippen LogP contribution in [0.5, 0.6) is 0 Å². The van der Waals surface area contributed by atoms with Gasteiger partial charge in [0.2, 0.25) is 0 Å². The van der Waals surface area contributed by atoms with Crippen LogP contribution < -0.4 is 16.6 Å². The van der Waals surface area contributed by atoms with E-state index in [1.54, 1.807) is 19.2 Å². The molecule has 2 N–H and O–H groups in total. The molecule has 94 valence electrons. The average molecular weight is 267 g/mol. The van der Waals surface area contributed by atoms with Gasteiger partial charge in [0.15, 0.2) is 0 Å². The van der Waals surface area contributed by atoms with Crippen molar-refractivity contribution < 1.29 is 0 Å². The van der Waals surface area contributed by atoms with Gasteiger partial charge >= 0.3 is 5.69 Å². The summed E-state index contributed by atoms with van der Waals surface area (Å²) in [5, 5.41) is 3.35. The molecule has 0 saturated heterocycles. The summed E-state index contributed by atoms with van der Waals surface area (Å²) in [6.07, 6.45) is 1.41. The summed E-state index contributed by atoms with van der Waals surface area (Å²) in [6, 6.07) is 4.71. The second-order valence-electron chi connectivity index (χ2n) is 3.61. The molecular formula is C11H11ClN4O2. The van der Waals surface area contributed by atoms with Gasteiger partial charge in [-0.15, -0.1) is 0 Å². The molecule has 0 unspecified atom stereocenters. The maximum Gasteiger partial charge on any atom is 0.328 e. The van der Waals surface area contributed by atoms with Crippen molar-refractivity contribution in [3.05, 3.63) is 56.0 Å². The highest BCUT2D eigenvalue weighted by Gasteiger charge is 2.06. The van der Waals surface area contributed by atoms with Gasteiger partial charge in [-0.05, 0) is 12.1 Å². The molecule has 0 radical (unpaired) electrons. The van der Waals surface area contributed by atoms with Crippen LogP contribution in [-0.4, -0.2) is 21.6 Å². The number of nitrogens with zero attached hydrogens (tertiary/aromatic N) is 2. The van der Waals surface area contributed by atoms with E-state index in [0.29, 0.717) is 16.5 Å². The molecule has 2 heterocycles. The topological polar surface area (TPSA) is 79.8 Å².